The van der Waals surface area contributed by atoms with E-state index in [9.17, 15) is 18.8 Å². The Labute approximate surface area is 179 Å². The second-order valence-electron chi connectivity index (χ2n) is 8.78. The number of benzene rings is 1. The second-order valence-corrected chi connectivity index (χ2v) is 8.78. The first-order valence-corrected chi connectivity index (χ1v) is 10.5. The molecule has 2 aliphatic rings. The van der Waals surface area contributed by atoms with Gasteiger partial charge >= 0.3 is 0 Å². The Morgan fingerprint density at radius 1 is 1.23 bits per heavy atom. The lowest BCUT2D eigenvalue weighted by Crippen LogP contribution is -2.42. The summed E-state index contributed by atoms with van der Waals surface area (Å²) in [6, 6.07) is 4.43. The fourth-order valence-electron chi connectivity index (χ4n) is 4.51. The summed E-state index contributed by atoms with van der Waals surface area (Å²) in [6.07, 6.45) is 0.883. The number of anilines is 3. The van der Waals surface area contributed by atoms with Gasteiger partial charge in [0.05, 0.1) is 17.2 Å². The van der Waals surface area contributed by atoms with Gasteiger partial charge in [0, 0.05) is 19.5 Å². The Morgan fingerprint density at radius 2 is 1.94 bits per heavy atom. The maximum Gasteiger partial charge on any atom is 0.258 e. The fourth-order valence-corrected chi connectivity index (χ4v) is 4.51. The number of nitrogens with zero attached hydrogens (tertiary/aromatic N) is 2. The minimum atomic E-state index is -1.06. The molecule has 1 saturated heterocycles. The van der Waals surface area contributed by atoms with Gasteiger partial charge < -0.3 is 15.5 Å². The number of rotatable bonds is 3. The largest absolute Gasteiger partial charge is 0.342 e. The van der Waals surface area contributed by atoms with Gasteiger partial charge in [-0.05, 0) is 42.9 Å². The number of amides is 2. The molecule has 0 bridgehead atoms. The molecule has 9 heteroatoms. The van der Waals surface area contributed by atoms with E-state index in [1.54, 1.807) is 13.0 Å². The molecule has 0 spiro atoms. The Bertz CT molecular complexity index is 1090. The van der Waals surface area contributed by atoms with Gasteiger partial charge in [0.1, 0.15) is 11.6 Å². The van der Waals surface area contributed by atoms with Crippen LogP contribution in [0.2, 0.25) is 0 Å². The number of aromatic amines is 1. The lowest BCUT2D eigenvalue weighted by molar-refractivity contribution is -0.123. The zero-order chi connectivity index (χ0) is 22.3. The number of carbonyl (C=O) groups is 2. The van der Waals surface area contributed by atoms with Crippen LogP contribution >= 0.6 is 0 Å². The molecule has 164 valence electrons. The van der Waals surface area contributed by atoms with E-state index in [0.29, 0.717) is 23.3 Å². The van der Waals surface area contributed by atoms with Crippen LogP contribution in [0.4, 0.5) is 21.8 Å². The van der Waals surface area contributed by atoms with Crippen molar-refractivity contribution in [2.45, 2.75) is 39.5 Å². The number of aryl methyl sites for hydroxylation is 1. The quantitative estimate of drug-likeness (QED) is 0.698. The number of fused-ring (bicyclic) bond motifs is 1. The summed E-state index contributed by atoms with van der Waals surface area (Å²) in [4.78, 5) is 47.4. The van der Waals surface area contributed by atoms with Gasteiger partial charge in [0.25, 0.3) is 5.56 Å². The molecule has 3 heterocycles. The zero-order valence-electron chi connectivity index (χ0n) is 17.8. The van der Waals surface area contributed by atoms with Crippen molar-refractivity contribution >= 4 is 29.3 Å². The van der Waals surface area contributed by atoms with Crippen LogP contribution in [0.3, 0.4) is 0 Å². The highest BCUT2D eigenvalue weighted by Crippen LogP contribution is 2.31. The molecule has 0 unspecified atom stereocenters. The van der Waals surface area contributed by atoms with E-state index in [2.05, 4.69) is 34.4 Å². The number of carbonyl (C=O) groups excluding carboxylic acids is 2. The number of piperidine rings is 1. The Kier molecular flexibility index (Phi) is 5.51. The number of H-pyrrole nitrogens is 1. The third kappa shape index (κ3) is 4.30. The minimum absolute atomic E-state index is 0.000400. The average molecular weight is 427 g/mol. The highest BCUT2D eigenvalue weighted by molar-refractivity contribution is 6.04. The molecule has 31 heavy (non-hydrogen) atoms. The highest BCUT2D eigenvalue weighted by Gasteiger charge is 2.36. The van der Waals surface area contributed by atoms with Crippen molar-refractivity contribution in [3.05, 3.63) is 45.5 Å². The van der Waals surface area contributed by atoms with E-state index in [0.717, 1.165) is 19.5 Å². The number of hydrogen-bond donors (Lipinski definition) is 3. The van der Waals surface area contributed by atoms with Crippen LogP contribution in [0.15, 0.2) is 23.0 Å². The van der Waals surface area contributed by atoms with Gasteiger partial charge in [0.15, 0.2) is 0 Å². The summed E-state index contributed by atoms with van der Waals surface area (Å²) >= 11 is 0. The fraction of sp³-hybridized carbons (Fsp3) is 0.455. The number of halogens is 1. The van der Waals surface area contributed by atoms with Crippen LogP contribution in [0, 0.1) is 24.6 Å². The maximum atomic E-state index is 14.2. The molecule has 2 aliphatic heterocycles. The van der Waals surface area contributed by atoms with E-state index in [4.69, 9.17) is 0 Å². The molecule has 8 nitrogen and oxygen atoms in total. The molecule has 0 saturated carbocycles. The van der Waals surface area contributed by atoms with Crippen molar-refractivity contribution in [3.8, 4) is 0 Å². The third-order valence-corrected chi connectivity index (χ3v) is 5.81. The molecule has 2 aromatic rings. The van der Waals surface area contributed by atoms with Gasteiger partial charge in [-0.3, -0.25) is 19.4 Å². The highest BCUT2D eigenvalue weighted by atomic mass is 19.1. The van der Waals surface area contributed by atoms with E-state index in [-0.39, 0.29) is 23.5 Å². The van der Waals surface area contributed by atoms with Crippen molar-refractivity contribution in [2.75, 3.05) is 28.6 Å². The normalized spacial score (nSPS) is 23.2. The summed E-state index contributed by atoms with van der Waals surface area (Å²) in [6.45, 7) is 7.52. The number of nitrogens with one attached hydrogen (secondary N) is 3. The van der Waals surface area contributed by atoms with Crippen molar-refractivity contribution in [1.82, 2.24) is 9.97 Å². The Balaban J connectivity index is 1.65. The van der Waals surface area contributed by atoms with Gasteiger partial charge in [-0.25, -0.2) is 4.39 Å². The molecule has 2 amide bonds. The minimum Gasteiger partial charge on any atom is -0.342 e. The average Bonchev–Trinajstić information content (AvgIpc) is 2.68. The molecule has 3 N–H and O–H groups in total. The van der Waals surface area contributed by atoms with Crippen LogP contribution in [0.1, 0.15) is 43.7 Å². The molecule has 0 aliphatic carbocycles. The van der Waals surface area contributed by atoms with E-state index in [1.165, 1.54) is 12.1 Å². The van der Waals surface area contributed by atoms with Crippen molar-refractivity contribution in [2.24, 2.45) is 11.8 Å². The molecule has 1 aromatic heterocycles. The molecule has 1 fully saturated rings. The molecule has 4 rings (SSSR count). The monoisotopic (exact) mass is 427 g/mol. The van der Waals surface area contributed by atoms with E-state index >= 15 is 0 Å². The zero-order valence-corrected chi connectivity index (χ0v) is 17.8. The molecule has 3 atom stereocenters. The molecular formula is C22H26FN5O3. The van der Waals surface area contributed by atoms with Gasteiger partial charge in [-0.1, -0.05) is 19.9 Å². The predicted octanol–water partition coefficient (Wildman–Crippen LogP) is 2.76. The lowest BCUT2D eigenvalue weighted by atomic mass is 9.91. The molecule has 0 radical (unpaired) electrons. The van der Waals surface area contributed by atoms with Gasteiger partial charge in [0.2, 0.25) is 17.8 Å². The maximum absolute atomic E-state index is 14.2. The predicted molar refractivity (Wildman–Crippen MR) is 116 cm³/mol. The Hall–Kier alpha value is -3.23. The van der Waals surface area contributed by atoms with Crippen LogP contribution in [-0.4, -0.2) is 34.9 Å². The number of hydrogen-bond acceptors (Lipinski definition) is 5. The van der Waals surface area contributed by atoms with Gasteiger partial charge in [-0.2, -0.15) is 4.98 Å². The van der Waals surface area contributed by atoms with E-state index < -0.39 is 29.1 Å². The SMILES string of the molecule is Cc1ccc(NC(=O)[C@H]2CC(=O)Nc3nc(N4C[C@H](C)C[C@@H](C)C4)[nH]c(=O)c32)c(F)c1. The first-order valence-electron chi connectivity index (χ1n) is 10.5. The third-order valence-electron chi connectivity index (χ3n) is 5.81. The topological polar surface area (TPSA) is 107 Å². The first-order chi connectivity index (χ1) is 14.7. The lowest BCUT2D eigenvalue weighted by Gasteiger charge is -2.35. The summed E-state index contributed by atoms with van der Waals surface area (Å²) in [7, 11) is 0. The van der Waals surface area contributed by atoms with Crippen LogP contribution in [0.5, 0.6) is 0 Å². The van der Waals surface area contributed by atoms with Crippen LogP contribution < -0.4 is 21.1 Å². The van der Waals surface area contributed by atoms with E-state index in [1.807, 2.05) is 4.90 Å². The summed E-state index contributed by atoms with van der Waals surface area (Å²) in [5.74, 6) is -1.32. The van der Waals surface area contributed by atoms with Crippen molar-refractivity contribution in [3.63, 3.8) is 0 Å². The van der Waals surface area contributed by atoms with Crippen LogP contribution in [-0.2, 0) is 9.59 Å². The summed E-state index contributed by atoms with van der Waals surface area (Å²) < 4.78 is 14.2. The molecule has 1 aromatic carbocycles. The number of aromatic nitrogens is 2. The second kappa shape index (κ2) is 8.13. The van der Waals surface area contributed by atoms with Gasteiger partial charge in [-0.15, -0.1) is 0 Å². The summed E-state index contributed by atoms with van der Waals surface area (Å²) in [5.41, 5.74) is 0.328. The van der Waals surface area contributed by atoms with Crippen molar-refractivity contribution in [1.29, 1.82) is 0 Å². The Morgan fingerprint density at radius 3 is 2.61 bits per heavy atom. The smallest absolute Gasteiger partial charge is 0.258 e. The summed E-state index contributed by atoms with van der Waals surface area (Å²) in [5, 5.41) is 5.12. The van der Waals surface area contributed by atoms with Crippen LogP contribution in [0.25, 0.3) is 0 Å². The standard InChI is InChI=1S/C22H26FN5O3/c1-11-4-5-16(15(23)7-11)24-20(30)14-8-17(29)25-19-18(14)21(31)27-22(26-19)28-9-12(2)6-13(3)10-28/h4-5,7,12-14H,6,8-10H2,1-3H3,(H,24,30)(H2,25,26,27,29,31)/t12-,13-,14+/m1/s1. The molecular weight excluding hydrogens is 401 g/mol. The first kappa shape index (κ1) is 21.0. The van der Waals surface area contributed by atoms with Crippen molar-refractivity contribution < 1.29 is 14.0 Å².